The largest absolute Gasteiger partial charge is 0.375 e. The summed E-state index contributed by atoms with van der Waals surface area (Å²) < 4.78 is 13.1. The lowest BCUT2D eigenvalue weighted by Gasteiger charge is -2.17. The van der Waals surface area contributed by atoms with Crippen LogP contribution in [-0.2, 0) is 0 Å². The average Bonchev–Trinajstić information content (AvgIpc) is 2.34. The summed E-state index contributed by atoms with van der Waals surface area (Å²) >= 11 is 11.9. The molecule has 1 heterocycles. The van der Waals surface area contributed by atoms with E-state index in [0.29, 0.717) is 5.69 Å². The van der Waals surface area contributed by atoms with Gasteiger partial charge in [-0.15, -0.1) is 0 Å². The number of hydrogen-bond acceptors (Lipinski definition) is 2. The first-order valence-electron chi connectivity index (χ1n) is 5.40. The first-order valence-corrected chi connectivity index (χ1v) is 6.15. The summed E-state index contributed by atoms with van der Waals surface area (Å²) in [7, 11) is 0. The van der Waals surface area contributed by atoms with Gasteiger partial charge < -0.3 is 5.32 Å². The number of rotatable bonds is 3. The van der Waals surface area contributed by atoms with E-state index in [9.17, 15) is 4.39 Å². The van der Waals surface area contributed by atoms with Crippen molar-refractivity contribution in [2.45, 2.75) is 13.0 Å². The molecular formula is C13H11Cl2FN2. The van der Waals surface area contributed by atoms with Crippen molar-refractivity contribution in [3.63, 3.8) is 0 Å². The van der Waals surface area contributed by atoms with Gasteiger partial charge in [-0.2, -0.15) is 0 Å². The van der Waals surface area contributed by atoms with Crippen LogP contribution in [0.1, 0.15) is 18.7 Å². The van der Waals surface area contributed by atoms with Crippen LogP contribution in [0.25, 0.3) is 0 Å². The maximum Gasteiger partial charge on any atom is 0.126 e. The number of benzene rings is 1. The second-order valence-corrected chi connectivity index (χ2v) is 4.68. The van der Waals surface area contributed by atoms with Crippen LogP contribution in [0.3, 0.4) is 0 Å². The molecule has 0 saturated carbocycles. The maximum atomic E-state index is 13.1. The number of hydrogen-bond donors (Lipinski definition) is 1. The predicted molar refractivity (Wildman–Crippen MR) is 72.7 cm³/mol. The Balaban J connectivity index is 2.25. The molecule has 1 aromatic carbocycles. The van der Waals surface area contributed by atoms with Crippen LogP contribution in [-0.4, -0.2) is 4.98 Å². The molecule has 1 unspecified atom stereocenters. The summed E-state index contributed by atoms with van der Waals surface area (Å²) in [4.78, 5) is 4.23. The van der Waals surface area contributed by atoms with Crippen LogP contribution >= 0.6 is 23.2 Å². The summed E-state index contributed by atoms with van der Waals surface area (Å²) in [6, 6.07) is 8.00. The van der Waals surface area contributed by atoms with Gasteiger partial charge in [0.05, 0.1) is 27.5 Å². The fraction of sp³-hybridized carbons (Fsp3) is 0.154. The third-order valence-electron chi connectivity index (χ3n) is 2.50. The lowest BCUT2D eigenvalue weighted by molar-refractivity contribution is 0.628. The summed E-state index contributed by atoms with van der Waals surface area (Å²) in [6.07, 6.45) is 1.71. The molecular weight excluding hydrogens is 274 g/mol. The van der Waals surface area contributed by atoms with Gasteiger partial charge >= 0.3 is 0 Å². The molecule has 2 rings (SSSR count). The van der Waals surface area contributed by atoms with E-state index in [4.69, 9.17) is 23.2 Å². The number of anilines is 1. The van der Waals surface area contributed by atoms with Gasteiger partial charge in [0, 0.05) is 6.20 Å². The van der Waals surface area contributed by atoms with Gasteiger partial charge in [0.15, 0.2) is 0 Å². The molecule has 18 heavy (non-hydrogen) atoms. The Kier molecular flexibility index (Phi) is 4.04. The smallest absolute Gasteiger partial charge is 0.126 e. The molecule has 1 atom stereocenters. The SMILES string of the molecule is CC(Nc1c(Cl)cc(F)cc1Cl)c1ccccn1. The van der Waals surface area contributed by atoms with Gasteiger partial charge in [0.2, 0.25) is 0 Å². The highest BCUT2D eigenvalue weighted by Gasteiger charge is 2.12. The quantitative estimate of drug-likeness (QED) is 0.884. The molecule has 0 spiro atoms. The number of pyridine rings is 1. The topological polar surface area (TPSA) is 24.9 Å². The molecule has 0 aliphatic rings. The standard InChI is InChI=1S/C13H11Cl2FN2/c1-8(12-4-2-3-5-17-12)18-13-10(14)6-9(16)7-11(13)15/h2-8,18H,1H3. The molecule has 2 nitrogen and oxygen atoms in total. The molecule has 94 valence electrons. The number of halogens is 3. The third kappa shape index (κ3) is 2.92. The molecule has 0 radical (unpaired) electrons. The van der Waals surface area contributed by atoms with Crippen molar-refractivity contribution in [1.82, 2.24) is 4.98 Å². The normalized spacial score (nSPS) is 12.2. The molecule has 5 heteroatoms. The molecule has 0 bridgehead atoms. The van der Waals surface area contributed by atoms with Crippen molar-refractivity contribution < 1.29 is 4.39 Å². The second-order valence-electron chi connectivity index (χ2n) is 3.87. The number of nitrogens with zero attached hydrogens (tertiary/aromatic N) is 1. The van der Waals surface area contributed by atoms with E-state index in [1.807, 2.05) is 25.1 Å². The zero-order valence-electron chi connectivity index (χ0n) is 9.62. The second kappa shape index (κ2) is 5.55. The van der Waals surface area contributed by atoms with E-state index in [1.54, 1.807) is 6.20 Å². The Hall–Kier alpha value is -1.32. The Morgan fingerprint density at radius 3 is 2.44 bits per heavy atom. The van der Waals surface area contributed by atoms with E-state index in [1.165, 1.54) is 12.1 Å². The fourth-order valence-corrected chi connectivity index (χ4v) is 2.17. The highest BCUT2D eigenvalue weighted by molar-refractivity contribution is 6.39. The van der Waals surface area contributed by atoms with Gasteiger partial charge in [-0.1, -0.05) is 29.3 Å². The first-order chi connectivity index (χ1) is 8.58. The Morgan fingerprint density at radius 1 is 1.22 bits per heavy atom. The minimum atomic E-state index is -0.457. The highest BCUT2D eigenvalue weighted by Crippen LogP contribution is 2.33. The van der Waals surface area contributed by atoms with Crippen molar-refractivity contribution in [2.75, 3.05) is 5.32 Å². The zero-order chi connectivity index (χ0) is 13.1. The molecule has 1 aromatic heterocycles. The van der Waals surface area contributed by atoms with E-state index in [0.717, 1.165) is 5.69 Å². The monoisotopic (exact) mass is 284 g/mol. The molecule has 0 saturated heterocycles. The molecule has 0 fully saturated rings. The van der Waals surface area contributed by atoms with Crippen molar-refractivity contribution >= 4 is 28.9 Å². The van der Waals surface area contributed by atoms with Gasteiger partial charge in [0.25, 0.3) is 0 Å². The third-order valence-corrected chi connectivity index (χ3v) is 3.10. The van der Waals surface area contributed by atoms with Gasteiger partial charge in [-0.3, -0.25) is 4.98 Å². The van der Waals surface area contributed by atoms with Crippen LogP contribution in [0.5, 0.6) is 0 Å². The first kappa shape index (κ1) is 13.1. The van der Waals surface area contributed by atoms with Crippen molar-refractivity contribution in [3.8, 4) is 0 Å². The predicted octanol–water partition coefficient (Wildman–Crippen LogP) is 4.70. The van der Waals surface area contributed by atoms with Gasteiger partial charge in [-0.25, -0.2) is 4.39 Å². The molecule has 1 N–H and O–H groups in total. The van der Waals surface area contributed by atoms with E-state index in [2.05, 4.69) is 10.3 Å². The Morgan fingerprint density at radius 2 is 1.89 bits per heavy atom. The van der Waals surface area contributed by atoms with E-state index >= 15 is 0 Å². The highest BCUT2D eigenvalue weighted by atomic mass is 35.5. The number of aromatic nitrogens is 1. The maximum absolute atomic E-state index is 13.1. The summed E-state index contributed by atoms with van der Waals surface area (Å²) in [5.41, 5.74) is 1.37. The zero-order valence-corrected chi connectivity index (χ0v) is 11.1. The minimum Gasteiger partial charge on any atom is -0.375 e. The molecule has 0 aliphatic heterocycles. The Labute approximate surface area is 115 Å². The molecule has 0 aliphatic carbocycles. The lowest BCUT2D eigenvalue weighted by atomic mass is 10.2. The van der Waals surface area contributed by atoms with Crippen molar-refractivity contribution in [2.24, 2.45) is 0 Å². The van der Waals surface area contributed by atoms with Crippen LogP contribution in [0.4, 0.5) is 10.1 Å². The summed E-state index contributed by atoms with van der Waals surface area (Å²) in [6.45, 7) is 1.93. The Bertz CT molecular complexity index is 523. The number of nitrogens with one attached hydrogen (secondary N) is 1. The molecule has 0 amide bonds. The van der Waals surface area contributed by atoms with Crippen LogP contribution in [0, 0.1) is 5.82 Å². The van der Waals surface area contributed by atoms with E-state index in [-0.39, 0.29) is 16.1 Å². The van der Waals surface area contributed by atoms with Gasteiger partial charge in [-0.05, 0) is 31.2 Å². The van der Waals surface area contributed by atoms with Crippen molar-refractivity contribution in [1.29, 1.82) is 0 Å². The van der Waals surface area contributed by atoms with Crippen LogP contribution in [0.15, 0.2) is 36.5 Å². The van der Waals surface area contributed by atoms with Gasteiger partial charge in [0.1, 0.15) is 5.82 Å². The van der Waals surface area contributed by atoms with E-state index < -0.39 is 5.82 Å². The fourth-order valence-electron chi connectivity index (χ4n) is 1.60. The average molecular weight is 285 g/mol. The van der Waals surface area contributed by atoms with Crippen LogP contribution in [0.2, 0.25) is 10.0 Å². The molecule has 2 aromatic rings. The summed E-state index contributed by atoms with van der Waals surface area (Å²) in [5, 5.41) is 3.63. The lowest BCUT2D eigenvalue weighted by Crippen LogP contribution is -2.09. The van der Waals surface area contributed by atoms with Crippen LogP contribution < -0.4 is 5.32 Å². The summed E-state index contributed by atoms with van der Waals surface area (Å²) in [5.74, 6) is -0.457. The minimum absolute atomic E-state index is 0.0772. The van der Waals surface area contributed by atoms with Crippen molar-refractivity contribution in [3.05, 3.63) is 58.1 Å².